The SMILES string of the molecule is CCCCCCCCCCOc1cc(CCl)ccc1OC. The van der Waals surface area contributed by atoms with Crippen LogP contribution < -0.4 is 9.47 Å². The van der Waals surface area contributed by atoms with Crippen molar-refractivity contribution >= 4 is 11.6 Å². The highest BCUT2D eigenvalue weighted by Crippen LogP contribution is 2.28. The Labute approximate surface area is 134 Å². The molecule has 0 spiro atoms. The maximum atomic E-state index is 5.85. The zero-order valence-electron chi connectivity index (χ0n) is 13.5. The Morgan fingerprint density at radius 1 is 0.905 bits per heavy atom. The van der Waals surface area contributed by atoms with Crippen LogP contribution >= 0.6 is 11.6 Å². The molecule has 2 nitrogen and oxygen atoms in total. The number of benzene rings is 1. The largest absolute Gasteiger partial charge is 0.493 e. The lowest BCUT2D eigenvalue weighted by Crippen LogP contribution is -2.00. The molecule has 0 amide bonds. The Balaban J connectivity index is 2.17. The highest BCUT2D eigenvalue weighted by molar-refractivity contribution is 6.17. The van der Waals surface area contributed by atoms with E-state index in [1.54, 1.807) is 7.11 Å². The first kappa shape index (κ1) is 18.2. The maximum Gasteiger partial charge on any atom is 0.161 e. The summed E-state index contributed by atoms with van der Waals surface area (Å²) in [6.07, 6.45) is 10.5. The van der Waals surface area contributed by atoms with Gasteiger partial charge in [-0.15, -0.1) is 11.6 Å². The molecular weight excluding hydrogens is 284 g/mol. The molecule has 3 heteroatoms. The molecule has 0 saturated carbocycles. The fraction of sp³-hybridized carbons (Fsp3) is 0.667. The van der Waals surface area contributed by atoms with Crippen LogP contribution in [0.25, 0.3) is 0 Å². The third-order valence-corrected chi connectivity index (χ3v) is 3.95. The van der Waals surface area contributed by atoms with E-state index in [1.807, 2.05) is 18.2 Å². The smallest absolute Gasteiger partial charge is 0.161 e. The van der Waals surface area contributed by atoms with E-state index in [0.29, 0.717) is 5.88 Å². The lowest BCUT2D eigenvalue weighted by Gasteiger charge is -2.11. The molecule has 1 aromatic carbocycles. The van der Waals surface area contributed by atoms with Crippen LogP contribution in [0.2, 0.25) is 0 Å². The summed E-state index contributed by atoms with van der Waals surface area (Å²) in [7, 11) is 1.67. The van der Waals surface area contributed by atoms with Gasteiger partial charge >= 0.3 is 0 Å². The van der Waals surface area contributed by atoms with Crippen molar-refractivity contribution in [3.8, 4) is 11.5 Å². The fourth-order valence-corrected chi connectivity index (χ4v) is 2.50. The van der Waals surface area contributed by atoms with Crippen LogP contribution in [-0.2, 0) is 5.88 Å². The minimum atomic E-state index is 0.498. The number of halogens is 1. The number of ether oxygens (including phenoxy) is 2. The molecule has 0 radical (unpaired) electrons. The summed E-state index contributed by atoms with van der Waals surface area (Å²) in [4.78, 5) is 0. The molecule has 0 aromatic heterocycles. The van der Waals surface area contributed by atoms with Crippen molar-refractivity contribution in [2.75, 3.05) is 13.7 Å². The quantitative estimate of drug-likeness (QED) is 0.350. The van der Waals surface area contributed by atoms with E-state index in [1.165, 1.54) is 44.9 Å². The first-order chi connectivity index (χ1) is 10.3. The van der Waals surface area contributed by atoms with Crippen molar-refractivity contribution in [3.63, 3.8) is 0 Å². The number of methoxy groups -OCH3 is 1. The number of unbranched alkanes of at least 4 members (excludes halogenated alkanes) is 7. The average Bonchev–Trinajstić information content (AvgIpc) is 2.53. The molecule has 1 rings (SSSR count). The zero-order chi connectivity index (χ0) is 15.3. The van der Waals surface area contributed by atoms with E-state index in [9.17, 15) is 0 Å². The van der Waals surface area contributed by atoms with Gasteiger partial charge in [-0.2, -0.15) is 0 Å². The first-order valence-corrected chi connectivity index (χ1v) is 8.71. The summed E-state index contributed by atoms with van der Waals surface area (Å²) in [6.45, 7) is 3.00. The molecule has 0 aliphatic rings. The van der Waals surface area contributed by atoms with Crippen LogP contribution in [0.4, 0.5) is 0 Å². The van der Waals surface area contributed by atoms with Gasteiger partial charge < -0.3 is 9.47 Å². The molecule has 0 saturated heterocycles. The third kappa shape index (κ3) is 7.61. The standard InChI is InChI=1S/C18H29ClO2/c1-3-4-5-6-7-8-9-10-13-21-18-14-16(15-19)11-12-17(18)20-2/h11-12,14H,3-10,13,15H2,1-2H3. The second-order valence-electron chi connectivity index (χ2n) is 5.44. The molecule has 0 N–H and O–H groups in total. The summed E-state index contributed by atoms with van der Waals surface area (Å²) in [5, 5.41) is 0. The lowest BCUT2D eigenvalue weighted by molar-refractivity contribution is 0.284. The number of hydrogen-bond acceptors (Lipinski definition) is 2. The van der Waals surface area contributed by atoms with Crippen molar-refractivity contribution < 1.29 is 9.47 Å². The molecule has 0 unspecified atom stereocenters. The highest BCUT2D eigenvalue weighted by Gasteiger charge is 2.05. The van der Waals surface area contributed by atoms with Gasteiger partial charge in [0.2, 0.25) is 0 Å². The van der Waals surface area contributed by atoms with Crippen LogP contribution in [0.3, 0.4) is 0 Å². The van der Waals surface area contributed by atoms with Crippen LogP contribution in [0.5, 0.6) is 11.5 Å². The fourth-order valence-electron chi connectivity index (χ4n) is 2.34. The molecule has 0 aliphatic carbocycles. The molecular formula is C18H29ClO2. The topological polar surface area (TPSA) is 18.5 Å². The predicted molar refractivity (Wildman–Crippen MR) is 90.7 cm³/mol. The van der Waals surface area contributed by atoms with Gasteiger partial charge in [0.1, 0.15) is 0 Å². The van der Waals surface area contributed by atoms with E-state index in [-0.39, 0.29) is 0 Å². The molecule has 0 aliphatic heterocycles. The van der Waals surface area contributed by atoms with Crippen LogP contribution in [-0.4, -0.2) is 13.7 Å². The van der Waals surface area contributed by atoms with Crippen molar-refractivity contribution in [1.82, 2.24) is 0 Å². The maximum absolute atomic E-state index is 5.85. The van der Waals surface area contributed by atoms with Gasteiger partial charge in [-0.25, -0.2) is 0 Å². The van der Waals surface area contributed by atoms with E-state index < -0.39 is 0 Å². The van der Waals surface area contributed by atoms with Gasteiger partial charge in [-0.3, -0.25) is 0 Å². The van der Waals surface area contributed by atoms with Gasteiger partial charge in [-0.05, 0) is 24.1 Å². The monoisotopic (exact) mass is 312 g/mol. The molecule has 0 bridgehead atoms. The van der Waals surface area contributed by atoms with Gasteiger partial charge in [-0.1, -0.05) is 57.9 Å². The van der Waals surface area contributed by atoms with Crippen molar-refractivity contribution in [1.29, 1.82) is 0 Å². The Morgan fingerprint density at radius 3 is 2.19 bits per heavy atom. The molecule has 1 aromatic rings. The summed E-state index contributed by atoms with van der Waals surface area (Å²) >= 11 is 5.85. The number of hydrogen-bond donors (Lipinski definition) is 0. The van der Waals surface area contributed by atoms with E-state index in [4.69, 9.17) is 21.1 Å². The second kappa shape index (κ2) is 11.7. The minimum Gasteiger partial charge on any atom is -0.493 e. The Bertz CT molecular complexity index is 379. The summed E-state index contributed by atoms with van der Waals surface area (Å²) in [5.41, 5.74) is 1.06. The normalized spacial score (nSPS) is 10.6. The van der Waals surface area contributed by atoms with Gasteiger partial charge in [0.05, 0.1) is 13.7 Å². The van der Waals surface area contributed by atoms with E-state index in [0.717, 1.165) is 30.1 Å². The minimum absolute atomic E-state index is 0.498. The molecule has 0 fully saturated rings. The van der Waals surface area contributed by atoms with E-state index in [2.05, 4.69) is 6.92 Å². The molecule has 120 valence electrons. The van der Waals surface area contributed by atoms with Crippen molar-refractivity contribution in [2.45, 2.75) is 64.2 Å². The Hall–Kier alpha value is -0.890. The van der Waals surface area contributed by atoms with Crippen molar-refractivity contribution in [2.24, 2.45) is 0 Å². The summed E-state index contributed by atoms with van der Waals surface area (Å²) < 4.78 is 11.1. The first-order valence-electron chi connectivity index (χ1n) is 8.17. The summed E-state index contributed by atoms with van der Waals surface area (Å²) in [6, 6.07) is 5.85. The van der Waals surface area contributed by atoms with Crippen LogP contribution in [0, 0.1) is 0 Å². The highest BCUT2D eigenvalue weighted by atomic mass is 35.5. The zero-order valence-corrected chi connectivity index (χ0v) is 14.3. The van der Waals surface area contributed by atoms with Gasteiger partial charge in [0, 0.05) is 5.88 Å². The number of rotatable bonds is 12. The average molecular weight is 313 g/mol. The van der Waals surface area contributed by atoms with Gasteiger partial charge in [0.15, 0.2) is 11.5 Å². The Kier molecular flexibility index (Phi) is 10.1. The molecule has 21 heavy (non-hydrogen) atoms. The van der Waals surface area contributed by atoms with Gasteiger partial charge in [0.25, 0.3) is 0 Å². The third-order valence-electron chi connectivity index (χ3n) is 3.64. The number of alkyl halides is 1. The second-order valence-corrected chi connectivity index (χ2v) is 5.71. The lowest BCUT2D eigenvalue weighted by atomic mass is 10.1. The van der Waals surface area contributed by atoms with Crippen molar-refractivity contribution in [3.05, 3.63) is 23.8 Å². The predicted octanol–water partition coefficient (Wildman–Crippen LogP) is 5.95. The van der Waals surface area contributed by atoms with Crippen LogP contribution in [0.15, 0.2) is 18.2 Å². The molecule has 0 atom stereocenters. The molecule has 0 heterocycles. The summed E-state index contributed by atoms with van der Waals surface area (Å²) in [5.74, 6) is 2.08. The Morgan fingerprint density at radius 2 is 1.57 bits per heavy atom. The van der Waals surface area contributed by atoms with E-state index >= 15 is 0 Å². The van der Waals surface area contributed by atoms with Crippen LogP contribution in [0.1, 0.15) is 63.9 Å².